The molecule has 2 rings (SSSR count). The minimum absolute atomic E-state index is 0.0831. The van der Waals surface area contributed by atoms with Gasteiger partial charge < -0.3 is 19.9 Å². The van der Waals surface area contributed by atoms with Gasteiger partial charge >= 0.3 is 17.9 Å². The molecule has 11 heteroatoms. The normalized spacial score (nSPS) is 12.6. The average Bonchev–Trinajstić information content (AvgIpc) is 2.84. The predicted molar refractivity (Wildman–Crippen MR) is 135 cm³/mol. The highest BCUT2D eigenvalue weighted by Crippen LogP contribution is 2.19. The Morgan fingerprint density at radius 3 is 2.03 bits per heavy atom. The molecule has 0 saturated carbocycles. The molecule has 0 aliphatic rings. The van der Waals surface area contributed by atoms with Crippen LogP contribution in [0, 0.1) is 16.0 Å². The van der Waals surface area contributed by atoms with Crippen LogP contribution in [0.1, 0.15) is 51.2 Å². The molecule has 0 fully saturated rings. The lowest BCUT2D eigenvalue weighted by Crippen LogP contribution is -2.45. The molecule has 0 radical (unpaired) electrons. The van der Waals surface area contributed by atoms with Crippen LogP contribution in [0.4, 0.5) is 5.69 Å². The summed E-state index contributed by atoms with van der Waals surface area (Å²) in [6, 6.07) is 13.1. The van der Waals surface area contributed by atoms with E-state index in [2.05, 4.69) is 0 Å². The summed E-state index contributed by atoms with van der Waals surface area (Å²) in [7, 11) is 0. The maximum Gasteiger partial charge on any atom is 0.322 e. The Morgan fingerprint density at radius 2 is 1.45 bits per heavy atom. The quantitative estimate of drug-likeness (QED) is 0.134. The summed E-state index contributed by atoms with van der Waals surface area (Å²) in [5.74, 6) is -4.45. The van der Waals surface area contributed by atoms with E-state index in [0.717, 1.165) is 0 Å². The number of nitro groups is 1. The first-order chi connectivity index (χ1) is 17.9. The van der Waals surface area contributed by atoms with Gasteiger partial charge in [-0.1, -0.05) is 30.3 Å². The number of hydrogen-bond donors (Lipinski definition) is 1. The zero-order chi connectivity index (χ0) is 28.3. The summed E-state index contributed by atoms with van der Waals surface area (Å²) in [4.78, 5) is 60.2. The van der Waals surface area contributed by atoms with Crippen LogP contribution in [-0.4, -0.2) is 40.3 Å². The van der Waals surface area contributed by atoms with Crippen molar-refractivity contribution in [3.05, 3.63) is 75.8 Å². The van der Waals surface area contributed by atoms with Crippen LogP contribution in [0.15, 0.2) is 54.6 Å². The monoisotopic (exact) mass is 528 g/mol. The highest BCUT2D eigenvalue weighted by Gasteiger charge is 2.38. The van der Waals surface area contributed by atoms with Crippen molar-refractivity contribution < 1.29 is 38.3 Å². The summed E-state index contributed by atoms with van der Waals surface area (Å²) in [5.41, 5.74) is 6.37. The van der Waals surface area contributed by atoms with E-state index in [9.17, 15) is 29.3 Å². The van der Waals surface area contributed by atoms with Gasteiger partial charge in [-0.15, -0.1) is 0 Å². The summed E-state index contributed by atoms with van der Waals surface area (Å²) >= 11 is 0. The predicted octanol–water partition coefficient (Wildman–Crippen LogP) is 3.41. The van der Waals surface area contributed by atoms with E-state index in [1.165, 1.54) is 24.3 Å². The molecule has 2 N–H and O–H groups in total. The van der Waals surface area contributed by atoms with E-state index in [4.69, 9.17) is 19.9 Å². The number of non-ortho nitro benzene ring substituents is 1. The number of nitrogens with zero attached hydrogens (tertiary/aromatic N) is 1. The average molecular weight is 529 g/mol. The highest BCUT2D eigenvalue weighted by molar-refractivity contribution is 5.97. The molecule has 0 spiro atoms. The molecule has 11 nitrogen and oxygen atoms in total. The SMILES string of the molecule is CC(C)(C)OC(=O)C(C(=O)OCc1ccccc1)[C@@H](N)CC(=O)CCC(=O)OCc1ccc([N+](=O)[O-])cc1. The smallest absolute Gasteiger partial charge is 0.322 e. The number of nitrogens with two attached hydrogens (primary N) is 1. The van der Waals surface area contributed by atoms with Crippen molar-refractivity contribution in [3.8, 4) is 0 Å². The molecular formula is C27H32N2O9. The molecule has 0 aromatic heterocycles. The number of rotatable bonds is 13. The number of ketones is 1. The first-order valence-corrected chi connectivity index (χ1v) is 12.0. The molecule has 1 unspecified atom stereocenters. The second kappa shape index (κ2) is 14.0. The van der Waals surface area contributed by atoms with Crippen molar-refractivity contribution in [1.29, 1.82) is 0 Å². The van der Waals surface area contributed by atoms with Crippen LogP contribution < -0.4 is 5.73 Å². The summed E-state index contributed by atoms with van der Waals surface area (Å²) < 4.78 is 15.7. The van der Waals surface area contributed by atoms with E-state index < -0.39 is 46.2 Å². The van der Waals surface area contributed by atoms with E-state index >= 15 is 0 Å². The Balaban J connectivity index is 1.90. The number of ether oxygens (including phenoxy) is 3. The van der Waals surface area contributed by atoms with Gasteiger partial charge in [0.05, 0.1) is 11.3 Å². The van der Waals surface area contributed by atoms with Crippen LogP contribution >= 0.6 is 0 Å². The van der Waals surface area contributed by atoms with Crippen molar-refractivity contribution in [3.63, 3.8) is 0 Å². The first kappa shape index (κ1) is 30.1. The van der Waals surface area contributed by atoms with E-state index in [1.807, 2.05) is 6.07 Å². The van der Waals surface area contributed by atoms with Gasteiger partial charge in [0.25, 0.3) is 5.69 Å². The van der Waals surface area contributed by atoms with Crippen molar-refractivity contribution in [2.75, 3.05) is 0 Å². The van der Waals surface area contributed by atoms with E-state index in [0.29, 0.717) is 11.1 Å². The third-order valence-electron chi connectivity index (χ3n) is 5.19. The van der Waals surface area contributed by atoms with Gasteiger partial charge in [-0.2, -0.15) is 0 Å². The van der Waals surface area contributed by atoms with Crippen LogP contribution in [-0.2, 0) is 46.6 Å². The van der Waals surface area contributed by atoms with Gasteiger partial charge in [0, 0.05) is 31.0 Å². The third kappa shape index (κ3) is 10.5. The number of carbonyl (C=O) groups excluding carboxylic acids is 4. The molecule has 0 heterocycles. The van der Waals surface area contributed by atoms with Crippen molar-refractivity contribution in [2.45, 2.75) is 64.9 Å². The van der Waals surface area contributed by atoms with Crippen LogP contribution in [0.2, 0.25) is 0 Å². The molecule has 0 bridgehead atoms. The number of carbonyl (C=O) groups is 4. The summed E-state index contributed by atoms with van der Waals surface area (Å²) in [6.45, 7) is 4.71. The topological polar surface area (TPSA) is 165 Å². The minimum atomic E-state index is -1.53. The molecule has 2 atom stereocenters. The van der Waals surface area contributed by atoms with Gasteiger partial charge in [-0.3, -0.25) is 29.3 Å². The van der Waals surface area contributed by atoms with Crippen LogP contribution in [0.3, 0.4) is 0 Å². The Labute approximate surface area is 220 Å². The number of hydrogen-bond acceptors (Lipinski definition) is 10. The zero-order valence-electron chi connectivity index (χ0n) is 21.6. The fraction of sp³-hybridized carbons (Fsp3) is 0.407. The van der Waals surface area contributed by atoms with Gasteiger partial charge in [0.2, 0.25) is 0 Å². The first-order valence-electron chi connectivity index (χ1n) is 12.0. The maximum absolute atomic E-state index is 12.8. The van der Waals surface area contributed by atoms with Gasteiger partial charge in [0.1, 0.15) is 24.6 Å². The van der Waals surface area contributed by atoms with Crippen molar-refractivity contribution in [2.24, 2.45) is 11.7 Å². The molecule has 0 aliphatic heterocycles. The molecule has 0 saturated heterocycles. The molecule has 204 valence electrons. The van der Waals surface area contributed by atoms with Gasteiger partial charge in [0.15, 0.2) is 5.92 Å². The second-order valence-electron chi connectivity index (χ2n) is 9.60. The lowest BCUT2D eigenvalue weighted by Gasteiger charge is -2.26. The standard InChI is InChI=1S/C27H32N2O9/c1-27(2,3)38-26(33)24(25(32)37-17-18-7-5-4-6-8-18)22(28)15-21(30)13-14-23(31)36-16-19-9-11-20(12-10-19)29(34)35/h4-12,22,24H,13-17,28H2,1-3H3/t22-,24?/m0/s1. The second-order valence-corrected chi connectivity index (χ2v) is 9.60. The van der Waals surface area contributed by atoms with Crippen LogP contribution in [0.5, 0.6) is 0 Å². The van der Waals surface area contributed by atoms with Gasteiger partial charge in [-0.05, 0) is 44.0 Å². The minimum Gasteiger partial charge on any atom is -0.461 e. The summed E-state index contributed by atoms with van der Waals surface area (Å²) in [5, 5.41) is 10.7. The largest absolute Gasteiger partial charge is 0.461 e. The summed E-state index contributed by atoms with van der Waals surface area (Å²) in [6.07, 6.45) is -0.818. The Bertz CT molecular complexity index is 1130. The lowest BCUT2D eigenvalue weighted by molar-refractivity contribution is -0.384. The van der Waals surface area contributed by atoms with Crippen molar-refractivity contribution in [1.82, 2.24) is 0 Å². The molecule has 2 aromatic carbocycles. The Morgan fingerprint density at radius 1 is 0.868 bits per heavy atom. The fourth-order valence-electron chi connectivity index (χ4n) is 3.30. The molecule has 0 aliphatic carbocycles. The molecule has 38 heavy (non-hydrogen) atoms. The van der Waals surface area contributed by atoms with E-state index in [1.54, 1.807) is 45.0 Å². The Kier molecular flexibility index (Phi) is 11.1. The number of nitro benzene ring substituents is 1. The number of benzene rings is 2. The molecule has 2 aromatic rings. The highest BCUT2D eigenvalue weighted by atomic mass is 16.6. The third-order valence-corrected chi connectivity index (χ3v) is 5.19. The zero-order valence-corrected chi connectivity index (χ0v) is 21.6. The molecular weight excluding hydrogens is 496 g/mol. The number of esters is 3. The molecule has 0 amide bonds. The Hall–Kier alpha value is -4.12. The lowest BCUT2D eigenvalue weighted by atomic mass is 9.94. The van der Waals surface area contributed by atoms with Crippen LogP contribution in [0.25, 0.3) is 0 Å². The van der Waals surface area contributed by atoms with Crippen molar-refractivity contribution >= 4 is 29.4 Å². The number of Topliss-reactive ketones (excluding diaryl/α,β-unsaturated/α-hetero) is 1. The van der Waals surface area contributed by atoms with Gasteiger partial charge in [-0.25, -0.2) is 0 Å². The van der Waals surface area contributed by atoms with E-state index in [-0.39, 0.29) is 38.2 Å². The fourth-order valence-corrected chi connectivity index (χ4v) is 3.30. The maximum atomic E-state index is 12.8.